The number of rotatable bonds is 3. The maximum atomic E-state index is 12.1. The van der Waals surface area contributed by atoms with Crippen molar-refractivity contribution in [1.82, 2.24) is 15.4 Å². The summed E-state index contributed by atoms with van der Waals surface area (Å²) >= 11 is 0. The zero-order valence-corrected chi connectivity index (χ0v) is 11.7. The number of nitrogens with one attached hydrogen (secondary N) is 1. The van der Waals surface area contributed by atoms with Crippen LogP contribution in [0, 0.1) is 6.92 Å². The van der Waals surface area contributed by atoms with Gasteiger partial charge >= 0.3 is 6.03 Å². The highest BCUT2D eigenvalue weighted by atomic mass is 16.5. The Hall–Kier alpha value is -2.28. The molecule has 2 aromatic rings. The molecule has 2 aromatic heterocycles. The number of aromatic nitrogens is 1. The lowest BCUT2D eigenvalue weighted by Crippen LogP contribution is -2.46. The van der Waals surface area contributed by atoms with E-state index in [4.69, 9.17) is 13.7 Å². The van der Waals surface area contributed by atoms with Crippen LogP contribution in [0.4, 0.5) is 4.79 Å². The first kappa shape index (κ1) is 13.7. The van der Waals surface area contributed by atoms with Gasteiger partial charge in [0.15, 0.2) is 0 Å². The van der Waals surface area contributed by atoms with Gasteiger partial charge in [-0.2, -0.15) is 0 Å². The van der Waals surface area contributed by atoms with Gasteiger partial charge in [0.25, 0.3) is 0 Å². The fraction of sp³-hybridized carbons (Fsp3) is 0.429. The van der Waals surface area contributed by atoms with E-state index < -0.39 is 0 Å². The van der Waals surface area contributed by atoms with Gasteiger partial charge in [0.1, 0.15) is 29.6 Å². The molecule has 0 spiro atoms. The van der Waals surface area contributed by atoms with E-state index in [0.717, 1.165) is 11.5 Å². The Morgan fingerprint density at radius 2 is 2.38 bits per heavy atom. The molecule has 7 heteroatoms. The van der Waals surface area contributed by atoms with Crippen LogP contribution in [0.25, 0.3) is 0 Å². The van der Waals surface area contributed by atoms with Crippen LogP contribution in [0.1, 0.15) is 23.3 Å². The normalized spacial score (nSPS) is 18.7. The molecule has 1 unspecified atom stereocenters. The van der Waals surface area contributed by atoms with Gasteiger partial charge in [-0.25, -0.2) is 4.79 Å². The molecule has 1 saturated heterocycles. The van der Waals surface area contributed by atoms with Crippen LogP contribution in [0.2, 0.25) is 0 Å². The number of urea groups is 1. The summed E-state index contributed by atoms with van der Waals surface area (Å²) in [5, 5.41) is 6.56. The van der Waals surface area contributed by atoms with Gasteiger partial charge in [-0.1, -0.05) is 5.16 Å². The summed E-state index contributed by atoms with van der Waals surface area (Å²) in [5.41, 5.74) is 0.690. The molecule has 0 radical (unpaired) electrons. The average Bonchev–Trinajstić information content (AvgIpc) is 3.16. The Kier molecular flexibility index (Phi) is 3.92. The summed E-state index contributed by atoms with van der Waals surface area (Å²) in [6.07, 6.45) is 1.26. The number of ether oxygens (including phenoxy) is 1. The highest BCUT2D eigenvalue weighted by molar-refractivity contribution is 5.74. The third-order valence-electron chi connectivity index (χ3n) is 3.34. The Labute approximate surface area is 121 Å². The van der Waals surface area contributed by atoms with Crippen molar-refractivity contribution in [2.24, 2.45) is 0 Å². The van der Waals surface area contributed by atoms with Crippen molar-refractivity contribution in [3.63, 3.8) is 0 Å². The lowest BCUT2D eigenvalue weighted by Gasteiger charge is -2.31. The van der Waals surface area contributed by atoms with Crippen molar-refractivity contribution in [3.05, 3.63) is 41.7 Å². The molecule has 0 aromatic carbocycles. The molecule has 0 bridgehead atoms. The molecule has 1 N–H and O–H groups in total. The van der Waals surface area contributed by atoms with Gasteiger partial charge < -0.3 is 23.9 Å². The molecular weight excluding hydrogens is 274 g/mol. The molecule has 1 fully saturated rings. The molecule has 1 atom stereocenters. The molecule has 1 aliphatic heterocycles. The number of nitrogens with zero attached hydrogens (tertiary/aromatic N) is 2. The first-order valence-corrected chi connectivity index (χ1v) is 6.82. The largest absolute Gasteiger partial charge is 0.464 e. The van der Waals surface area contributed by atoms with E-state index in [1.54, 1.807) is 11.0 Å². The van der Waals surface area contributed by atoms with Crippen molar-refractivity contribution in [2.75, 3.05) is 19.7 Å². The molecule has 21 heavy (non-hydrogen) atoms. The summed E-state index contributed by atoms with van der Waals surface area (Å²) in [6.45, 7) is 3.74. The van der Waals surface area contributed by atoms with Crippen molar-refractivity contribution >= 4 is 6.03 Å². The van der Waals surface area contributed by atoms with E-state index >= 15 is 0 Å². The Morgan fingerprint density at radius 1 is 1.48 bits per heavy atom. The van der Waals surface area contributed by atoms with Gasteiger partial charge in [-0.05, 0) is 19.1 Å². The quantitative estimate of drug-likeness (QED) is 0.933. The predicted octanol–water partition coefficient (Wildman–Crippen LogP) is 1.86. The standard InChI is InChI=1S/C14H17N3O4/c1-10-2-3-12(21-10)13-9-17(5-7-19-13)14(18)15-8-11-4-6-20-16-11/h2-4,6,13H,5,7-9H2,1H3,(H,15,18). The number of furan rings is 1. The zero-order chi connectivity index (χ0) is 14.7. The molecular formula is C14H17N3O4. The molecule has 3 rings (SSSR count). The summed E-state index contributed by atoms with van der Waals surface area (Å²) < 4.78 is 16.0. The van der Waals surface area contributed by atoms with Crippen molar-refractivity contribution in [2.45, 2.75) is 19.6 Å². The number of hydrogen-bond acceptors (Lipinski definition) is 5. The number of morpholine rings is 1. The molecule has 7 nitrogen and oxygen atoms in total. The van der Waals surface area contributed by atoms with Crippen LogP contribution in [0.15, 0.2) is 33.4 Å². The topological polar surface area (TPSA) is 80.7 Å². The van der Waals surface area contributed by atoms with E-state index in [2.05, 4.69) is 10.5 Å². The lowest BCUT2D eigenvalue weighted by atomic mass is 10.2. The number of aryl methyl sites for hydroxylation is 1. The number of carbonyl (C=O) groups excluding carboxylic acids is 1. The Bertz CT molecular complexity index is 593. The second-order valence-corrected chi connectivity index (χ2v) is 4.90. The van der Waals surface area contributed by atoms with E-state index in [1.165, 1.54) is 6.26 Å². The molecule has 2 amide bonds. The van der Waals surface area contributed by atoms with E-state index in [0.29, 0.717) is 31.9 Å². The molecule has 0 aliphatic carbocycles. The van der Waals surface area contributed by atoms with Gasteiger partial charge in [0.2, 0.25) is 0 Å². The zero-order valence-electron chi connectivity index (χ0n) is 11.7. The predicted molar refractivity (Wildman–Crippen MR) is 72.4 cm³/mol. The summed E-state index contributed by atoms with van der Waals surface area (Å²) in [4.78, 5) is 13.9. The van der Waals surface area contributed by atoms with Crippen LogP contribution in [-0.2, 0) is 11.3 Å². The molecule has 3 heterocycles. The number of amides is 2. The number of hydrogen-bond donors (Lipinski definition) is 1. The second-order valence-electron chi connectivity index (χ2n) is 4.90. The highest BCUT2D eigenvalue weighted by Gasteiger charge is 2.27. The Morgan fingerprint density at radius 3 is 3.10 bits per heavy atom. The monoisotopic (exact) mass is 291 g/mol. The second kappa shape index (κ2) is 6.01. The highest BCUT2D eigenvalue weighted by Crippen LogP contribution is 2.23. The fourth-order valence-corrected chi connectivity index (χ4v) is 2.24. The van der Waals surface area contributed by atoms with E-state index in [9.17, 15) is 4.79 Å². The smallest absolute Gasteiger partial charge is 0.317 e. The Balaban J connectivity index is 1.56. The lowest BCUT2D eigenvalue weighted by molar-refractivity contribution is -0.0263. The molecule has 1 aliphatic rings. The van der Waals surface area contributed by atoms with Gasteiger partial charge in [-0.15, -0.1) is 0 Å². The SMILES string of the molecule is Cc1ccc(C2CN(C(=O)NCc3ccon3)CCO2)o1. The van der Waals surface area contributed by atoms with Crippen LogP contribution in [-0.4, -0.2) is 35.8 Å². The maximum Gasteiger partial charge on any atom is 0.317 e. The minimum atomic E-state index is -0.217. The van der Waals surface area contributed by atoms with Crippen LogP contribution in [0.3, 0.4) is 0 Å². The molecule has 0 saturated carbocycles. The van der Waals surface area contributed by atoms with E-state index in [1.807, 2.05) is 19.1 Å². The minimum Gasteiger partial charge on any atom is -0.464 e. The van der Waals surface area contributed by atoms with E-state index in [-0.39, 0.29) is 12.1 Å². The third kappa shape index (κ3) is 3.25. The third-order valence-corrected chi connectivity index (χ3v) is 3.34. The summed E-state index contributed by atoms with van der Waals surface area (Å²) in [7, 11) is 0. The van der Waals surface area contributed by atoms with Crippen LogP contribution < -0.4 is 5.32 Å². The van der Waals surface area contributed by atoms with Crippen molar-refractivity contribution < 1.29 is 18.5 Å². The fourth-order valence-electron chi connectivity index (χ4n) is 2.24. The first-order chi connectivity index (χ1) is 10.2. The van der Waals surface area contributed by atoms with Gasteiger partial charge in [0.05, 0.1) is 19.7 Å². The van der Waals surface area contributed by atoms with Crippen molar-refractivity contribution in [1.29, 1.82) is 0 Å². The van der Waals surface area contributed by atoms with Gasteiger partial charge in [-0.3, -0.25) is 0 Å². The average molecular weight is 291 g/mol. The summed E-state index contributed by atoms with van der Waals surface area (Å²) in [5.74, 6) is 1.59. The first-order valence-electron chi connectivity index (χ1n) is 6.82. The maximum absolute atomic E-state index is 12.1. The number of carbonyl (C=O) groups is 1. The summed E-state index contributed by atoms with van der Waals surface area (Å²) in [6, 6.07) is 5.35. The van der Waals surface area contributed by atoms with Crippen LogP contribution in [0.5, 0.6) is 0 Å². The van der Waals surface area contributed by atoms with Gasteiger partial charge in [0, 0.05) is 12.6 Å². The van der Waals surface area contributed by atoms with Crippen LogP contribution >= 0.6 is 0 Å². The van der Waals surface area contributed by atoms with Crippen molar-refractivity contribution in [3.8, 4) is 0 Å². The molecule has 112 valence electrons. The minimum absolute atomic E-state index is 0.144.